The van der Waals surface area contributed by atoms with Crippen LogP contribution in [0.4, 0.5) is 15.8 Å². The van der Waals surface area contributed by atoms with Crippen LogP contribution >= 0.6 is 15.9 Å². The summed E-state index contributed by atoms with van der Waals surface area (Å²) < 4.78 is 23.6. The van der Waals surface area contributed by atoms with Gasteiger partial charge in [-0.05, 0) is 58.4 Å². The molecule has 0 aliphatic rings. The van der Waals surface area contributed by atoms with Crippen molar-refractivity contribution in [3.63, 3.8) is 0 Å². The molecule has 148 valence electrons. The predicted octanol–water partition coefficient (Wildman–Crippen LogP) is 4.55. The van der Waals surface area contributed by atoms with Crippen LogP contribution in [-0.2, 0) is 9.53 Å². The second-order valence-corrected chi connectivity index (χ2v) is 6.57. The van der Waals surface area contributed by atoms with Crippen molar-refractivity contribution < 1.29 is 28.1 Å². The van der Waals surface area contributed by atoms with Crippen molar-refractivity contribution in [1.29, 1.82) is 0 Å². The van der Waals surface area contributed by atoms with E-state index in [4.69, 9.17) is 9.15 Å². The van der Waals surface area contributed by atoms with Gasteiger partial charge in [0.05, 0.1) is 10.6 Å². The van der Waals surface area contributed by atoms with Crippen molar-refractivity contribution in [2.45, 2.75) is 0 Å². The molecule has 1 heterocycles. The van der Waals surface area contributed by atoms with Crippen molar-refractivity contribution in [1.82, 2.24) is 0 Å². The first kappa shape index (κ1) is 20.2. The topological polar surface area (TPSA) is 112 Å². The molecule has 0 saturated heterocycles. The van der Waals surface area contributed by atoms with E-state index in [1.165, 1.54) is 54.6 Å². The number of carbonyl (C=O) groups is 2. The van der Waals surface area contributed by atoms with E-state index >= 15 is 0 Å². The molecule has 2 aromatic carbocycles. The number of hydrogen-bond donors (Lipinski definition) is 1. The molecule has 0 aliphatic carbocycles. The van der Waals surface area contributed by atoms with Crippen molar-refractivity contribution in [3.05, 3.63) is 80.8 Å². The number of amides is 1. The number of halogens is 2. The number of furan rings is 1. The van der Waals surface area contributed by atoms with Crippen molar-refractivity contribution in [2.24, 2.45) is 0 Å². The molecule has 10 heteroatoms. The lowest BCUT2D eigenvalue weighted by molar-refractivity contribution is -0.384. The number of nitro groups is 1. The monoisotopic (exact) mass is 462 g/mol. The van der Waals surface area contributed by atoms with Gasteiger partial charge in [0.15, 0.2) is 6.61 Å². The molecule has 1 amide bonds. The number of benzene rings is 2. The molecule has 3 aromatic rings. The Morgan fingerprint density at radius 2 is 1.86 bits per heavy atom. The number of ether oxygens (including phenoxy) is 1. The molecule has 0 bridgehead atoms. The Kier molecular flexibility index (Phi) is 6.03. The molecule has 0 spiro atoms. The summed E-state index contributed by atoms with van der Waals surface area (Å²) in [6.45, 7) is -0.588. The van der Waals surface area contributed by atoms with Crippen molar-refractivity contribution in [3.8, 4) is 11.3 Å². The van der Waals surface area contributed by atoms with Gasteiger partial charge in [-0.1, -0.05) is 0 Å². The van der Waals surface area contributed by atoms with Crippen LogP contribution in [-0.4, -0.2) is 23.4 Å². The van der Waals surface area contributed by atoms with Crippen LogP contribution in [0.1, 0.15) is 10.6 Å². The number of anilines is 1. The summed E-state index contributed by atoms with van der Waals surface area (Å²) in [5.41, 5.74) is 0.718. The molecule has 29 heavy (non-hydrogen) atoms. The lowest BCUT2D eigenvalue weighted by Gasteiger charge is -2.07. The maximum atomic E-state index is 13.0. The number of nitro benzene ring substituents is 1. The van der Waals surface area contributed by atoms with Gasteiger partial charge in [0.25, 0.3) is 11.6 Å². The van der Waals surface area contributed by atoms with Crippen LogP contribution in [0.5, 0.6) is 0 Å². The lowest BCUT2D eigenvalue weighted by Crippen LogP contribution is -2.21. The van der Waals surface area contributed by atoms with Gasteiger partial charge in [-0.2, -0.15) is 0 Å². The predicted molar refractivity (Wildman–Crippen MR) is 104 cm³/mol. The first-order valence-corrected chi connectivity index (χ1v) is 8.89. The summed E-state index contributed by atoms with van der Waals surface area (Å²) >= 11 is 3.12. The summed E-state index contributed by atoms with van der Waals surface area (Å²) in [5, 5.41) is 13.2. The van der Waals surface area contributed by atoms with E-state index in [0.29, 0.717) is 15.8 Å². The number of nitrogens with one attached hydrogen (secondary N) is 1. The van der Waals surface area contributed by atoms with Crippen molar-refractivity contribution >= 4 is 39.2 Å². The number of hydrogen-bond acceptors (Lipinski definition) is 6. The standard InChI is InChI=1S/C19H12BrFN2O6/c20-14-9-13(23(26)27)5-6-15(14)22-18(24)10-28-19(25)17-8-7-16(29-17)11-1-3-12(21)4-2-11/h1-9H,10H2,(H,22,24). The van der Waals surface area contributed by atoms with E-state index in [2.05, 4.69) is 21.2 Å². The molecule has 0 fully saturated rings. The zero-order valence-electron chi connectivity index (χ0n) is 14.6. The Morgan fingerprint density at radius 1 is 1.14 bits per heavy atom. The van der Waals surface area contributed by atoms with Gasteiger partial charge in [0.1, 0.15) is 11.6 Å². The summed E-state index contributed by atoms with van der Waals surface area (Å²) in [6, 6.07) is 12.2. The zero-order valence-corrected chi connectivity index (χ0v) is 16.1. The molecule has 1 N–H and O–H groups in total. The maximum absolute atomic E-state index is 13.0. The number of carbonyl (C=O) groups excluding carboxylic acids is 2. The van der Waals surface area contributed by atoms with Gasteiger partial charge in [0.2, 0.25) is 5.76 Å². The third-order valence-corrected chi connectivity index (χ3v) is 4.36. The minimum absolute atomic E-state index is 0.117. The second kappa shape index (κ2) is 8.65. The Hall–Kier alpha value is -3.53. The average molecular weight is 463 g/mol. The third-order valence-electron chi connectivity index (χ3n) is 3.71. The van der Waals surface area contributed by atoms with E-state index in [0.717, 1.165) is 0 Å². The first-order valence-electron chi connectivity index (χ1n) is 8.10. The molecule has 1 aromatic heterocycles. The largest absolute Gasteiger partial charge is 0.450 e. The van der Waals surface area contributed by atoms with Crippen LogP contribution in [0.25, 0.3) is 11.3 Å². The molecule has 0 atom stereocenters. The fraction of sp³-hybridized carbons (Fsp3) is 0.0526. The maximum Gasteiger partial charge on any atom is 0.374 e. The highest BCUT2D eigenvalue weighted by Gasteiger charge is 2.17. The Bertz CT molecular complexity index is 1080. The van der Waals surface area contributed by atoms with Crippen LogP contribution in [0.3, 0.4) is 0 Å². The molecule has 0 radical (unpaired) electrons. The van der Waals surface area contributed by atoms with E-state index < -0.39 is 29.2 Å². The summed E-state index contributed by atoms with van der Waals surface area (Å²) in [4.78, 5) is 34.2. The first-order chi connectivity index (χ1) is 13.8. The SMILES string of the molecule is O=C(COC(=O)c1ccc(-c2ccc(F)cc2)o1)Nc1ccc([N+](=O)[O-])cc1Br. The second-order valence-electron chi connectivity index (χ2n) is 5.72. The van der Waals surface area contributed by atoms with Crippen molar-refractivity contribution in [2.75, 3.05) is 11.9 Å². The average Bonchev–Trinajstić information content (AvgIpc) is 3.18. The fourth-order valence-corrected chi connectivity index (χ4v) is 2.79. The molecule has 3 rings (SSSR count). The van der Waals surface area contributed by atoms with E-state index in [1.54, 1.807) is 0 Å². The number of esters is 1. The number of nitrogens with zero attached hydrogens (tertiary/aromatic N) is 1. The smallest absolute Gasteiger partial charge is 0.374 e. The summed E-state index contributed by atoms with van der Waals surface area (Å²) in [5.74, 6) is -1.66. The van der Waals surface area contributed by atoms with Crippen LogP contribution in [0.2, 0.25) is 0 Å². The minimum atomic E-state index is -0.851. The molecule has 0 saturated carbocycles. The van der Waals surface area contributed by atoms with Crippen LogP contribution in [0.15, 0.2) is 63.5 Å². The van der Waals surface area contributed by atoms with Gasteiger partial charge < -0.3 is 14.5 Å². The normalized spacial score (nSPS) is 10.4. The zero-order chi connectivity index (χ0) is 21.0. The molecule has 0 aliphatic heterocycles. The van der Waals surface area contributed by atoms with E-state index in [1.807, 2.05) is 0 Å². The fourth-order valence-electron chi connectivity index (χ4n) is 2.32. The Balaban J connectivity index is 1.57. The minimum Gasteiger partial charge on any atom is -0.450 e. The molecular weight excluding hydrogens is 451 g/mol. The number of non-ortho nitro benzene ring substituents is 1. The Morgan fingerprint density at radius 3 is 2.52 bits per heavy atom. The van der Waals surface area contributed by atoms with Gasteiger partial charge in [-0.15, -0.1) is 0 Å². The highest BCUT2D eigenvalue weighted by Crippen LogP contribution is 2.27. The van der Waals surface area contributed by atoms with E-state index in [9.17, 15) is 24.1 Å². The molecule has 0 unspecified atom stereocenters. The van der Waals surface area contributed by atoms with E-state index in [-0.39, 0.29) is 17.1 Å². The summed E-state index contributed by atoms with van der Waals surface area (Å²) in [7, 11) is 0. The highest BCUT2D eigenvalue weighted by atomic mass is 79.9. The van der Waals surface area contributed by atoms with Gasteiger partial charge in [-0.3, -0.25) is 14.9 Å². The molecule has 8 nitrogen and oxygen atoms in total. The van der Waals surface area contributed by atoms with Gasteiger partial charge >= 0.3 is 5.97 Å². The highest BCUT2D eigenvalue weighted by molar-refractivity contribution is 9.10. The lowest BCUT2D eigenvalue weighted by atomic mass is 10.2. The Labute approximate surface area is 171 Å². The van der Waals surface area contributed by atoms with Crippen LogP contribution in [0, 0.1) is 15.9 Å². The van der Waals surface area contributed by atoms with Gasteiger partial charge in [-0.25, -0.2) is 9.18 Å². The van der Waals surface area contributed by atoms with Gasteiger partial charge in [0, 0.05) is 22.2 Å². The quantitative estimate of drug-likeness (QED) is 0.326. The summed E-state index contributed by atoms with van der Waals surface area (Å²) in [6.07, 6.45) is 0. The third kappa shape index (κ3) is 5.05. The number of rotatable bonds is 6. The molecular formula is C19H12BrFN2O6. The van der Waals surface area contributed by atoms with Crippen LogP contribution < -0.4 is 5.32 Å².